The first-order valence-electron chi connectivity index (χ1n) is 11.5. The van der Waals surface area contributed by atoms with E-state index in [4.69, 9.17) is 9.47 Å². The molecule has 1 aliphatic heterocycles. The summed E-state index contributed by atoms with van der Waals surface area (Å²) >= 11 is 0. The minimum absolute atomic E-state index is 0.0627. The average molecular weight is 470 g/mol. The lowest BCUT2D eigenvalue weighted by Gasteiger charge is -2.37. The summed E-state index contributed by atoms with van der Waals surface area (Å²) in [5.41, 5.74) is 2.42. The monoisotopic (exact) mass is 469 g/mol. The summed E-state index contributed by atoms with van der Waals surface area (Å²) in [6.07, 6.45) is 1.93. The van der Waals surface area contributed by atoms with Crippen molar-refractivity contribution in [2.75, 3.05) is 31.1 Å². The van der Waals surface area contributed by atoms with E-state index in [-0.39, 0.29) is 23.8 Å². The lowest BCUT2D eigenvalue weighted by molar-refractivity contribution is -0.384. The molecule has 0 unspecified atom stereocenters. The number of carbonyl (C=O) groups is 1. The second kappa shape index (κ2) is 9.54. The number of rotatable bonds is 5. The fourth-order valence-corrected chi connectivity index (χ4v) is 4.42. The Balaban J connectivity index is 1.41. The zero-order valence-corrected chi connectivity index (χ0v) is 20.1. The molecule has 2 aliphatic rings. The van der Waals surface area contributed by atoms with E-state index in [0.29, 0.717) is 32.8 Å². The van der Waals surface area contributed by atoms with Crippen molar-refractivity contribution in [2.45, 2.75) is 58.3 Å². The van der Waals surface area contributed by atoms with Gasteiger partial charge in [0.1, 0.15) is 23.9 Å². The number of piperazine rings is 1. The number of ether oxygens (including phenoxy) is 2. The minimum atomic E-state index is -0.513. The summed E-state index contributed by atoms with van der Waals surface area (Å²) in [6, 6.07) is 6.40. The molecule has 182 valence electrons. The summed E-state index contributed by atoms with van der Waals surface area (Å²) < 4.78 is 11.7. The number of fused-ring (bicyclic) bond motifs is 1. The van der Waals surface area contributed by atoms with Gasteiger partial charge in [0, 0.05) is 43.9 Å². The van der Waals surface area contributed by atoms with Gasteiger partial charge >= 0.3 is 6.09 Å². The molecule has 0 spiro atoms. The quantitative estimate of drug-likeness (QED) is 0.473. The topological polar surface area (TPSA) is 111 Å². The van der Waals surface area contributed by atoms with Gasteiger partial charge in [-0.3, -0.25) is 10.1 Å². The normalized spacial score (nSPS) is 20.2. The molecule has 1 saturated heterocycles. The van der Waals surface area contributed by atoms with E-state index >= 15 is 0 Å². The van der Waals surface area contributed by atoms with E-state index in [0.717, 1.165) is 29.1 Å². The summed E-state index contributed by atoms with van der Waals surface area (Å²) in [5, 5.41) is 10.9. The molecule has 1 aliphatic carbocycles. The van der Waals surface area contributed by atoms with Gasteiger partial charge in [0.05, 0.1) is 17.2 Å². The molecule has 2 aromatic rings. The number of hydrogen-bond acceptors (Lipinski definition) is 8. The number of amides is 1. The Morgan fingerprint density at radius 3 is 2.44 bits per heavy atom. The standard InChI is InChI=1S/C24H31N5O5/c1-16-13-19(33-14-17-5-7-18(8-6-17)29(31)32)21-20(16)22(26-15-25-21)27-9-11-28(12-10-27)23(30)34-24(2,3)4/h5-8,15-16,19H,9-14H2,1-4H3/t16-,19-/m1/s1. The lowest BCUT2D eigenvalue weighted by Crippen LogP contribution is -2.50. The van der Waals surface area contributed by atoms with E-state index in [1.54, 1.807) is 23.4 Å². The number of nitrogens with zero attached hydrogens (tertiary/aromatic N) is 5. The fraction of sp³-hybridized carbons (Fsp3) is 0.542. The van der Waals surface area contributed by atoms with Gasteiger partial charge in [-0.25, -0.2) is 14.8 Å². The molecule has 10 heteroatoms. The number of nitro benzene ring substituents is 1. The van der Waals surface area contributed by atoms with Gasteiger partial charge < -0.3 is 19.3 Å². The highest BCUT2D eigenvalue weighted by Gasteiger charge is 2.36. The predicted molar refractivity (Wildman–Crippen MR) is 126 cm³/mol. The van der Waals surface area contributed by atoms with Crippen LogP contribution in [0, 0.1) is 10.1 Å². The van der Waals surface area contributed by atoms with Crippen LogP contribution >= 0.6 is 0 Å². The van der Waals surface area contributed by atoms with Crippen molar-refractivity contribution in [1.29, 1.82) is 0 Å². The number of non-ortho nitro benzene ring substituents is 1. The zero-order chi connectivity index (χ0) is 24.5. The smallest absolute Gasteiger partial charge is 0.410 e. The lowest BCUT2D eigenvalue weighted by atomic mass is 10.1. The maximum absolute atomic E-state index is 12.4. The molecule has 4 rings (SSSR count). The maximum atomic E-state index is 12.4. The Kier molecular flexibility index (Phi) is 6.70. The third-order valence-electron chi connectivity index (χ3n) is 6.09. The molecule has 2 heterocycles. The number of benzene rings is 1. The molecule has 34 heavy (non-hydrogen) atoms. The third-order valence-corrected chi connectivity index (χ3v) is 6.09. The van der Waals surface area contributed by atoms with Crippen molar-refractivity contribution in [3.8, 4) is 0 Å². The molecule has 0 bridgehead atoms. The van der Waals surface area contributed by atoms with Crippen LogP contribution in [0.4, 0.5) is 16.3 Å². The van der Waals surface area contributed by atoms with Crippen LogP contribution in [0.15, 0.2) is 30.6 Å². The zero-order valence-electron chi connectivity index (χ0n) is 20.1. The summed E-state index contributed by atoms with van der Waals surface area (Å²) in [7, 11) is 0. The molecule has 0 N–H and O–H groups in total. The van der Waals surface area contributed by atoms with Crippen molar-refractivity contribution in [2.24, 2.45) is 0 Å². The number of nitro groups is 1. The molecule has 1 amide bonds. The van der Waals surface area contributed by atoms with Gasteiger partial charge in [-0.2, -0.15) is 0 Å². The highest BCUT2D eigenvalue weighted by molar-refractivity contribution is 5.68. The largest absolute Gasteiger partial charge is 0.444 e. The fourth-order valence-electron chi connectivity index (χ4n) is 4.42. The predicted octanol–water partition coefficient (Wildman–Crippen LogP) is 4.21. The molecule has 10 nitrogen and oxygen atoms in total. The van der Waals surface area contributed by atoms with Crippen LogP contribution in [0.3, 0.4) is 0 Å². The Bertz CT molecular complexity index is 1040. The highest BCUT2D eigenvalue weighted by Crippen LogP contribution is 2.45. The molecular weight excluding hydrogens is 438 g/mol. The Labute approximate surface area is 199 Å². The maximum Gasteiger partial charge on any atom is 0.410 e. The van der Waals surface area contributed by atoms with Crippen LogP contribution in [0.2, 0.25) is 0 Å². The van der Waals surface area contributed by atoms with Crippen LogP contribution in [0.1, 0.15) is 63.0 Å². The highest BCUT2D eigenvalue weighted by atomic mass is 16.6. The van der Waals surface area contributed by atoms with E-state index in [1.807, 2.05) is 20.8 Å². The van der Waals surface area contributed by atoms with Gasteiger partial charge in [0.25, 0.3) is 5.69 Å². The van der Waals surface area contributed by atoms with E-state index in [1.165, 1.54) is 12.1 Å². The third kappa shape index (κ3) is 5.27. The van der Waals surface area contributed by atoms with Gasteiger partial charge in [-0.15, -0.1) is 0 Å². The molecule has 1 aromatic heterocycles. The molecular formula is C24H31N5O5. The Morgan fingerprint density at radius 1 is 1.15 bits per heavy atom. The first-order chi connectivity index (χ1) is 16.1. The summed E-state index contributed by atoms with van der Waals surface area (Å²) in [5.74, 6) is 1.14. The van der Waals surface area contributed by atoms with E-state index < -0.39 is 10.5 Å². The Hall–Kier alpha value is -3.27. The van der Waals surface area contributed by atoms with Crippen molar-refractivity contribution < 1.29 is 19.2 Å². The van der Waals surface area contributed by atoms with Gasteiger partial charge in [0.2, 0.25) is 0 Å². The minimum Gasteiger partial charge on any atom is -0.444 e. The number of carbonyl (C=O) groups excluding carboxylic acids is 1. The van der Waals surface area contributed by atoms with Crippen molar-refractivity contribution >= 4 is 17.6 Å². The average Bonchev–Trinajstić information content (AvgIpc) is 3.12. The van der Waals surface area contributed by atoms with Crippen LogP contribution in [-0.2, 0) is 16.1 Å². The molecule has 1 aromatic carbocycles. The second-order valence-corrected chi connectivity index (χ2v) is 9.81. The van der Waals surface area contributed by atoms with E-state index in [2.05, 4.69) is 21.8 Å². The number of hydrogen-bond donors (Lipinski definition) is 0. The van der Waals surface area contributed by atoms with Gasteiger partial charge in [-0.05, 0) is 50.8 Å². The van der Waals surface area contributed by atoms with Crippen LogP contribution in [0.25, 0.3) is 0 Å². The number of aromatic nitrogens is 2. The first kappa shape index (κ1) is 23.9. The van der Waals surface area contributed by atoms with Gasteiger partial charge in [0.15, 0.2) is 0 Å². The molecule has 1 fully saturated rings. The number of anilines is 1. The molecule has 0 saturated carbocycles. The molecule has 0 radical (unpaired) electrons. The van der Waals surface area contributed by atoms with Crippen molar-refractivity contribution in [1.82, 2.24) is 14.9 Å². The summed E-state index contributed by atoms with van der Waals surface area (Å²) in [4.78, 5) is 35.9. The van der Waals surface area contributed by atoms with Crippen LogP contribution < -0.4 is 4.90 Å². The van der Waals surface area contributed by atoms with Crippen LogP contribution in [0.5, 0.6) is 0 Å². The Morgan fingerprint density at radius 2 is 1.82 bits per heavy atom. The molecule has 2 atom stereocenters. The van der Waals surface area contributed by atoms with Gasteiger partial charge in [-0.1, -0.05) is 6.92 Å². The van der Waals surface area contributed by atoms with Crippen molar-refractivity contribution in [3.05, 3.63) is 57.5 Å². The SMILES string of the molecule is C[C@@H]1C[C@@H](OCc2ccc([N+](=O)[O-])cc2)c2ncnc(N3CCN(C(=O)OC(C)(C)C)CC3)c21. The van der Waals surface area contributed by atoms with Crippen molar-refractivity contribution in [3.63, 3.8) is 0 Å². The first-order valence-corrected chi connectivity index (χ1v) is 11.5. The van der Waals surface area contributed by atoms with Crippen LogP contribution in [-0.4, -0.2) is 57.7 Å². The second-order valence-electron chi connectivity index (χ2n) is 9.81. The van der Waals surface area contributed by atoms with E-state index in [9.17, 15) is 14.9 Å². The summed E-state index contributed by atoms with van der Waals surface area (Å²) in [6.45, 7) is 10.6.